The molecule has 4 heteroatoms. The molecule has 4 nitrogen and oxygen atoms in total. The molecule has 1 N–H and O–H groups in total. The van der Waals surface area contributed by atoms with Gasteiger partial charge in [0.2, 0.25) is 0 Å². The topological polar surface area (TPSA) is 35.6 Å². The van der Waals surface area contributed by atoms with Gasteiger partial charge in [0.25, 0.3) is 0 Å². The van der Waals surface area contributed by atoms with Crippen LogP contribution in [0.1, 0.15) is 77.6 Å². The molecule has 0 unspecified atom stereocenters. The number of nitrogens with one attached hydrogen (secondary N) is 1. The minimum Gasteiger partial charge on any atom is -0.378 e. The van der Waals surface area contributed by atoms with Crippen molar-refractivity contribution < 1.29 is 4.79 Å². The first-order valence-electron chi connectivity index (χ1n) is 10.9. The van der Waals surface area contributed by atoms with Gasteiger partial charge in [-0.3, -0.25) is 0 Å². The number of urea groups is 1. The fourth-order valence-electron chi connectivity index (χ4n) is 4.97. The predicted molar refractivity (Wildman–Crippen MR) is 115 cm³/mol. The molecule has 27 heavy (non-hydrogen) atoms. The smallest absolute Gasteiger partial charge is 0.322 e. The third-order valence-electron chi connectivity index (χ3n) is 6.53. The summed E-state index contributed by atoms with van der Waals surface area (Å²) < 4.78 is 0. The summed E-state index contributed by atoms with van der Waals surface area (Å²) in [7, 11) is 4.06. The molecule has 0 saturated heterocycles. The highest BCUT2D eigenvalue weighted by molar-refractivity contribution is 5.90. The van der Waals surface area contributed by atoms with E-state index in [9.17, 15) is 4.79 Å². The Hall–Kier alpha value is -1.71. The van der Waals surface area contributed by atoms with Crippen molar-refractivity contribution in [3.8, 4) is 0 Å². The summed E-state index contributed by atoms with van der Waals surface area (Å²) in [5.74, 6) is 0. The van der Waals surface area contributed by atoms with Gasteiger partial charge in [0.15, 0.2) is 0 Å². The maximum atomic E-state index is 13.5. The van der Waals surface area contributed by atoms with Crippen molar-refractivity contribution >= 4 is 17.4 Å². The Morgan fingerprint density at radius 2 is 1.63 bits per heavy atom. The van der Waals surface area contributed by atoms with Crippen molar-refractivity contribution in [1.29, 1.82) is 0 Å². The molecule has 2 fully saturated rings. The zero-order valence-electron chi connectivity index (χ0n) is 17.5. The molecule has 3 rings (SSSR count). The number of anilines is 2. The molecule has 2 aliphatic rings. The van der Waals surface area contributed by atoms with Crippen molar-refractivity contribution in [2.45, 2.75) is 89.1 Å². The van der Waals surface area contributed by atoms with Gasteiger partial charge >= 0.3 is 6.03 Å². The van der Waals surface area contributed by atoms with E-state index in [2.05, 4.69) is 34.2 Å². The summed E-state index contributed by atoms with van der Waals surface area (Å²) in [6.07, 6.45) is 13.5. The summed E-state index contributed by atoms with van der Waals surface area (Å²) in [5, 5.41) is 3.24. The minimum absolute atomic E-state index is 0.00347. The van der Waals surface area contributed by atoms with Crippen molar-refractivity contribution in [1.82, 2.24) is 4.90 Å². The Labute approximate surface area is 165 Å². The van der Waals surface area contributed by atoms with Crippen LogP contribution in [0.3, 0.4) is 0 Å². The van der Waals surface area contributed by atoms with Crippen LogP contribution in [0.15, 0.2) is 24.3 Å². The Kier molecular flexibility index (Phi) is 6.67. The first kappa shape index (κ1) is 20.0. The molecular formula is C23H37N3O. The molecular weight excluding hydrogens is 334 g/mol. The van der Waals surface area contributed by atoms with Crippen LogP contribution in [0.2, 0.25) is 0 Å². The van der Waals surface area contributed by atoms with Gasteiger partial charge < -0.3 is 15.1 Å². The Morgan fingerprint density at radius 1 is 1.00 bits per heavy atom. The normalized spacial score (nSPS) is 20.6. The van der Waals surface area contributed by atoms with Gasteiger partial charge in [0.05, 0.1) is 0 Å². The fraction of sp³-hybridized carbons (Fsp3) is 0.696. The van der Waals surface area contributed by atoms with Gasteiger partial charge in [-0.05, 0) is 50.8 Å². The van der Waals surface area contributed by atoms with Crippen molar-refractivity contribution in [2.24, 2.45) is 0 Å². The number of carbonyl (C=O) groups excluding carboxylic acids is 1. The third-order valence-corrected chi connectivity index (χ3v) is 6.53. The van der Waals surface area contributed by atoms with Crippen molar-refractivity contribution in [3.63, 3.8) is 0 Å². The highest BCUT2D eigenvalue weighted by atomic mass is 16.2. The first-order valence-corrected chi connectivity index (χ1v) is 10.9. The van der Waals surface area contributed by atoms with Crippen LogP contribution in [0.4, 0.5) is 16.2 Å². The largest absolute Gasteiger partial charge is 0.378 e. The van der Waals surface area contributed by atoms with Crippen LogP contribution in [-0.2, 0) is 0 Å². The van der Waals surface area contributed by atoms with Crippen LogP contribution in [0.25, 0.3) is 0 Å². The number of hydrogen-bond acceptors (Lipinski definition) is 2. The highest BCUT2D eigenvalue weighted by Crippen LogP contribution is 2.38. The average molecular weight is 372 g/mol. The summed E-state index contributed by atoms with van der Waals surface area (Å²) in [4.78, 5) is 17.8. The van der Waals surface area contributed by atoms with E-state index in [0.29, 0.717) is 6.04 Å². The molecule has 0 radical (unpaired) electrons. The second-order valence-electron chi connectivity index (χ2n) is 8.95. The number of rotatable bonds is 4. The van der Waals surface area contributed by atoms with Crippen molar-refractivity contribution in [2.75, 3.05) is 24.3 Å². The minimum atomic E-state index is -0.00347. The summed E-state index contributed by atoms with van der Waals surface area (Å²) in [5.41, 5.74) is 2.00. The van der Waals surface area contributed by atoms with Gasteiger partial charge in [-0.2, -0.15) is 0 Å². The molecule has 0 aliphatic heterocycles. The number of carbonyl (C=O) groups is 1. The quantitative estimate of drug-likeness (QED) is 0.656. The SMILES string of the molecule is CN(C)c1cccc(NC(=O)N(C2CCCCCC2)C2(C)CCCCC2)c1. The van der Waals surface area contributed by atoms with Gasteiger partial charge in [-0.25, -0.2) is 4.79 Å². The van der Waals surface area contributed by atoms with Gasteiger partial charge in [0.1, 0.15) is 0 Å². The lowest BCUT2D eigenvalue weighted by atomic mass is 9.80. The van der Waals surface area contributed by atoms with E-state index in [1.54, 1.807) is 0 Å². The lowest BCUT2D eigenvalue weighted by Gasteiger charge is -2.48. The molecule has 2 saturated carbocycles. The maximum absolute atomic E-state index is 13.5. The zero-order valence-corrected chi connectivity index (χ0v) is 17.5. The Bertz CT molecular complexity index is 614. The number of nitrogens with zero attached hydrogens (tertiary/aromatic N) is 2. The summed E-state index contributed by atoms with van der Waals surface area (Å²) >= 11 is 0. The second-order valence-corrected chi connectivity index (χ2v) is 8.95. The zero-order chi connectivity index (χ0) is 19.3. The van der Waals surface area contributed by atoms with E-state index < -0.39 is 0 Å². The van der Waals surface area contributed by atoms with Crippen LogP contribution >= 0.6 is 0 Å². The molecule has 0 spiro atoms. The van der Waals surface area contributed by atoms with Gasteiger partial charge in [-0.1, -0.05) is 51.0 Å². The van der Waals surface area contributed by atoms with E-state index >= 15 is 0 Å². The molecule has 0 bridgehead atoms. The number of benzene rings is 1. The lowest BCUT2D eigenvalue weighted by Crippen LogP contribution is -2.57. The molecule has 1 aromatic carbocycles. The van der Waals surface area contributed by atoms with Crippen LogP contribution < -0.4 is 10.2 Å². The third kappa shape index (κ3) is 4.97. The lowest BCUT2D eigenvalue weighted by molar-refractivity contribution is 0.0596. The van der Waals surface area contributed by atoms with E-state index in [0.717, 1.165) is 37.1 Å². The van der Waals surface area contributed by atoms with Gasteiger partial charge in [0, 0.05) is 37.1 Å². The Balaban J connectivity index is 1.82. The van der Waals surface area contributed by atoms with Crippen LogP contribution in [0, 0.1) is 0 Å². The molecule has 2 aliphatic carbocycles. The number of hydrogen-bond donors (Lipinski definition) is 1. The first-order chi connectivity index (χ1) is 13.0. The molecule has 150 valence electrons. The van der Waals surface area contributed by atoms with Crippen molar-refractivity contribution in [3.05, 3.63) is 24.3 Å². The standard InChI is InChI=1S/C23H37N3O/c1-23(16-9-6-10-17-23)26(20-13-7-4-5-8-14-20)22(27)24-19-12-11-15-21(18-19)25(2)3/h11-12,15,18,20H,4-10,13-14,16-17H2,1-3H3,(H,24,27). The van der Waals surface area contributed by atoms with Crippen LogP contribution in [0.5, 0.6) is 0 Å². The number of amides is 2. The average Bonchev–Trinajstić information content (AvgIpc) is 2.91. The van der Waals surface area contributed by atoms with E-state index in [1.165, 1.54) is 44.9 Å². The maximum Gasteiger partial charge on any atom is 0.322 e. The van der Waals surface area contributed by atoms with E-state index in [-0.39, 0.29) is 11.6 Å². The fourth-order valence-corrected chi connectivity index (χ4v) is 4.97. The molecule has 2 amide bonds. The highest BCUT2D eigenvalue weighted by Gasteiger charge is 2.40. The summed E-state index contributed by atoms with van der Waals surface area (Å²) in [6.45, 7) is 2.33. The Morgan fingerprint density at radius 3 is 2.26 bits per heavy atom. The van der Waals surface area contributed by atoms with Crippen LogP contribution in [-0.4, -0.2) is 36.6 Å². The molecule has 1 aromatic rings. The van der Waals surface area contributed by atoms with Gasteiger partial charge in [-0.15, -0.1) is 0 Å². The second kappa shape index (κ2) is 8.99. The van der Waals surface area contributed by atoms with E-state index in [1.807, 2.05) is 26.2 Å². The predicted octanol–water partition coefficient (Wildman–Crippen LogP) is 6.03. The molecule has 0 aromatic heterocycles. The molecule has 0 atom stereocenters. The van der Waals surface area contributed by atoms with E-state index in [4.69, 9.17) is 0 Å². The summed E-state index contributed by atoms with van der Waals surface area (Å²) in [6, 6.07) is 8.63. The monoisotopic (exact) mass is 371 g/mol. The molecule has 0 heterocycles.